The van der Waals surface area contributed by atoms with Gasteiger partial charge in [0.1, 0.15) is 0 Å². The molecule has 0 saturated carbocycles. The molecular formula is C18H20N2OS2. The van der Waals surface area contributed by atoms with E-state index in [0.29, 0.717) is 19.5 Å². The Hall–Kier alpha value is -1.59. The maximum absolute atomic E-state index is 12.5. The van der Waals surface area contributed by atoms with Crippen LogP contribution in [0, 0.1) is 13.8 Å². The summed E-state index contributed by atoms with van der Waals surface area (Å²) in [7, 11) is 0. The van der Waals surface area contributed by atoms with Gasteiger partial charge in [-0.3, -0.25) is 14.7 Å². The maximum Gasteiger partial charge on any atom is 0.233 e. The first-order chi connectivity index (χ1) is 11.1. The number of carbonyl (C=O) groups excluding carboxylic acids is 1. The molecule has 0 N–H and O–H groups in total. The summed E-state index contributed by atoms with van der Waals surface area (Å²) in [4.78, 5) is 20.0. The highest BCUT2D eigenvalue weighted by Gasteiger charge is 2.24. The summed E-state index contributed by atoms with van der Waals surface area (Å²) in [6.45, 7) is 5.66. The average molecular weight is 345 g/mol. The normalized spacial score (nSPS) is 14.2. The van der Waals surface area contributed by atoms with Gasteiger partial charge in [0.25, 0.3) is 0 Å². The molecule has 1 amide bonds. The lowest BCUT2D eigenvalue weighted by molar-refractivity contribution is -0.126. The van der Waals surface area contributed by atoms with E-state index in [-0.39, 0.29) is 5.91 Å². The lowest BCUT2D eigenvalue weighted by Gasteiger charge is -2.18. The molecule has 5 heteroatoms. The number of aliphatic imine (C=N–C) groups is 1. The van der Waals surface area contributed by atoms with Crippen LogP contribution in [0.2, 0.25) is 0 Å². The number of amides is 1. The molecule has 0 spiro atoms. The fourth-order valence-corrected chi connectivity index (χ4v) is 4.36. The van der Waals surface area contributed by atoms with Gasteiger partial charge in [0.05, 0.1) is 13.0 Å². The number of thiophene rings is 1. The second kappa shape index (κ2) is 7.32. The number of hydrogen-bond acceptors (Lipinski definition) is 4. The monoisotopic (exact) mass is 344 g/mol. The van der Waals surface area contributed by atoms with Crippen molar-refractivity contribution in [1.29, 1.82) is 0 Å². The molecular weight excluding hydrogens is 324 g/mol. The zero-order valence-corrected chi connectivity index (χ0v) is 15.0. The van der Waals surface area contributed by atoms with Crippen molar-refractivity contribution >= 4 is 34.2 Å². The van der Waals surface area contributed by atoms with Crippen LogP contribution < -0.4 is 0 Å². The van der Waals surface area contributed by atoms with Gasteiger partial charge in [-0.1, -0.05) is 41.6 Å². The van der Waals surface area contributed by atoms with Crippen LogP contribution in [0.25, 0.3) is 0 Å². The maximum atomic E-state index is 12.5. The minimum atomic E-state index is 0.150. The topological polar surface area (TPSA) is 32.7 Å². The van der Waals surface area contributed by atoms with Crippen molar-refractivity contribution in [3.05, 3.63) is 57.3 Å². The minimum Gasteiger partial charge on any atom is -0.289 e. The molecule has 3 nitrogen and oxygen atoms in total. The van der Waals surface area contributed by atoms with Crippen molar-refractivity contribution in [3.63, 3.8) is 0 Å². The van der Waals surface area contributed by atoms with E-state index in [4.69, 9.17) is 0 Å². The third-order valence-corrected chi connectivity index (χ3v) is 5.81. The zero-order valence-electron chi connectivity index (χ0n) is 13.4. The van der Waals surface area contributed by atoms with E-state index < -0.39 is 0 Å². The Morgan fingerprint density at radius 1 is 1.35 bits per heavy atom. The summed E-state index contributed by atoms with van der Waals surface area (Å²) in [5, 5.41) is 2.88. The zero-order chi connectivity index (χ0) is 16.2. The quantitative estimate of drug-likeness (QED) is 0.838. The average Bonchev–Trinajstić information content (AvgIpc) is 3.19. The van der Waals surface area contributed by atoms with Gasteiger partial charge in [-0.25, -0.2) is 0 Å². The molecule has 0 unspecified atom stereocenters. The number of thioether (sulfide) groups is 1. The fraction of sp³-hybridized carbons (Fsp3) is 0.333. The Labute approximate surface area is 145 Å². The van der Waals surface area contributed by atoms with E-state index in [0.717, 1.165) is 15.8 Å². The first-order valence-electron chi connectivity index (χ1n) is 7.69. The standard InChI is InChI=1S/C18H20N2OS2/c1-13-5-6-14(2)15(10-13)12-23-18-19-7-8-20(18)17(21)11-16-4-3-9-22-16/h3-6,9-10H,7-8,11-12H2,1-2H3. The molecule has 0 fully saturated rings. The van der Waals surface area contributed by atoms with Crippen LogP contribution in [0.3, 0.4) is 0 Å². The Bertz CT molecular complexity index is 723. The van der Waals surface area contributed by atoms with Crippen molar-refractivity contribution in [2.45, 2.75) is 26.0 Å². The molecule has 1 aromatic heterocycles. The lowest BCUT2D eigenvalue weighted by Crippen LogP contribution is -2.33. The molecule has 0 aliphatic carbocycles. The summed E-state index contributed by atoms with van der Waals surface area (Å²) in [5.74, 6) is 1.01. The van der Waals surface area contributed by atoms with Gasteiger partial charge >= 0.3 is 0 Å². The van der Waals surface area contributed by atoms with Crippen LogP contribution in [0.4, 0.5) is 0 Å². The van der Waals surface area contributed by atoms with Crippen LogP contribution >= 0.6 is 23.1 Å². The first kappa shape index (κ1) is 16.3. The van der Waals surface area contributed by atoms with Crippen LogP contribution in [-0.2, 0) is 17.0 Å². The molecule has 1 aliphatic heterocycles. The molecule has 2 heterocycles. The predicted octanol–water partition coefficient (Wildman–Crippen LogP) is 4.04. The van der Waals surface area contributed by atoms with Gasteiger partial charge in [0, 0.05) is 17.2 Å². The van der Waals surface area contributed by atoms with Crippen molar-refractivity contribution < 1.29 is 4.79 Å². The Morgan fingerprint density at radius 3 is 3.00 bits per heavy atom. The number of carbonyl (C=O) groups is 1. The largest absolute Gasteiger partial charge is 0.289 e. The molecule has 1 aromatic carbocycles. The molecule has 23 heavy (non-hydrogen) atoms. The summed E-state index contributed by atoms with van der Waals surface area (Å²) in [6.07, 6.45) is 0.473. The highest BCUT2D eigenvalue weighted by molar-refractivity contribution is 8.13. The number of amidine groups is 1. The molecule has 0 atom stereocenters. The summed E-state index contributed by atoms with van der Waals surface area (Å²) >= 11 is 3.30. The first-order valence-corrected chi connectivity index (χ1v) is 9.56. The molecule has 3 rings (SSSR count). The second-order valence-electron chi connectivity index (χ2n) is 5.68. The van der Waals surface area contributed by atoms with Crippen molar-refractivity contribution in [1.82, 2.24) is 4.90 Å². The smallest absolute Gasteiger partial charge is 0.233 e. The molecule has 1 aliphatic rings. The number of hydrogen-bond donors (Lipinski definition) is 0. The molecule has 120 valence electrons. The molecule has 2 aromatic rings. The number of aryl methyl sites for hydroxylation is 2. The Balaban J connectivity index is 1.63. The Morgan fingerprint density at radius 2 is 2.22 bits per heavy atom. The van der Waals surface area contributed by atoms with Crippen LogP contribution in [0.1, 0.15) is 21.6 Å². The predicted molar refractivity (Wildman–Crippen MR) is 99.2 cm³/mol. The van der Waals surface area contributed by atoms with E-state index in [9.17, 15) is 4.79 Å². The van der Waals surface area contributed by atoms with Crippen LogP contribution in [0.15, 0.2) is 40.7 Å². The number of rotatable bonds is 4. The summed E-state index contributed by atoms with van der Waals surface area (Å²) in [5.41, 5.74) is 3.87. The van der Waals surface area contributed by atoms with Gasteiger partial charge in [0.2, 0.25) is 5.91 Å². The molecule has 0 radical (unpaired) electrons. The van der Waals surface area contributed by atoms with Gasteiger partial charge in [-0.15, -0.1) is 11.3 Å². The van der Waals surface area contributed by atoms with E-state index in [1.54, 1.807) is 23.1 Å². The van der Waals surface area contributed by atoms with Crippen molar-refractivity contribution in [2.24, 2.45) is 4.99 Å². The number of nitrogens with zero attached hydrogens (tertiary/aromatic N) is 2. The van der Waals surface area contributed by atoms with Crippen molar-refractivity contribution in [2.75, 3.05) is 13.1 Å². The Kier molecular flexibility index (Phi) is 5.18. The van der Waals surface area contributed by atoms with Gasteiger partial charge in [-0.05, 0) is 36.4 Å². The summed E-state index contributed by atoms with van der Waals surface area (Å²) in [6, 6.07) is 10.5. The molecule has 0 bridgehead atoms. The van der Waals surface area contributed by atoms with Crippen molar-refractivity contribution in [3.8, 4) is 0 Å². The third-order valence-electron chi connectivity index (χ3n) is 3.87. The van der Waals surface area contributed by atoms with Gasteiger partial charge in [-0.2, -0.15) is 0 Å². The van der Waals surface area contributed by atoms with E-state index in [1.807, 2.05) is 22.4 Å². The second-order valence-corrected chi connectivity index (χ2v) is 7.66. The fourth-order valence-electron chi connectivity index (χ4n) is 2.54. The van der Waals surface area contributed by atoms with Gasteiger partial charge in [0.15, 0.2) is 5.17 Å². The van der Waals surface area contributed by atoms with Gasteiger partial charge < -0.3 is 0 Å². The highest BCUT2D eigenvalue weighted by atomic mass is 32.2. The van der Waals surface area contributed by atoms with E-state index >= 15 is 0 Å². The van der Waals surface area contributed by atoms with E-state index in [1.165, 1.54) is 16.7 Å². The third kappa shape index (κ3) is 4.03. The SMILES string of the molecule is Cc1ccc(C)c(CSC2=NCCN2C(=O)Cc2cccs2)c1. The molecule has 0 saturated heterocycles. The van der Waals surface area contributed by atoms with E-state index in [2.05, 4.69) is 37.0 Å². The van der Waals surface area contributed by atoms with Crippen LogP contribution in [-0.4, -0.2) is 29.1 Å². The summed E-state index contributed by atoms with van der Waals surface area (Å²) < 4.78 is 0. The highest BCUT2D eigenvalue weighted by Crippen LogP contribution is 2.23. The number of benzene rings is 1. The lowest BCUT2D eigenvalue weighted by atomic mass is 10.1. The minimum absolute atomic E-state index is 0.150. The van der Waals surface area contributed by atoms with Crippen LogP contribution in [0.5, 0.6) is 0 Å².